The topological polar surface area (TPSA) is 0 Å². The number of hydrogen-bond donors (Lipinski definition) is 0. The molecule has 0 aromatic carbocycles. The van der Waals surface area contributed by atoms with Crippen LogP contribution >= 0.6 is 11.3 Å². The van der Waals surface area contributed by atoms with Gasteiger partial charge in [0.05, 0.1) is 0 Å². The molecule has 0 saturated carbocycles. The summed E-state index contributed by atoms with van der Waals surface area (Å²) in [6, 6.07) is 2.32. The Balaban J connectivity index is 2.55. The maximum absolute atomic E-state index is 2.41. The van der Waals surface area contributed by atoms with Gasteiger partial charge in [0, 0.05) is 10.3 Å². The van der Waals surface area contributed by atoms with Gasteiger partial charge in [-0.25, -0.2) is 0 Å². The Labute approximate surface area is 85.0 Å². The van der Waals surface area contributed by atoms with Crippen molar-refractivity contribution in [1.29, 1.82) is 0 Å². The highest BCUT2D eigenvalue weighted by atomic mass is 32.1. The van der Waals surface area contributed by atoms with E-state index < -0.39 is 0 Å². The van der Waals surface area contributed by atoms with Crippen LogP contribution in [0.25, 0.3) is 0 Å². The fraction of sp³-hybridized carbons (Fsp3) is 0.667. The maximum atomic E-state index is 2.41. The summed E-state index contributed by atoms with van der Waals surface area (Å²) in [7, 11) is 0. The van der Waals surface area contributed by atoms with Crippen molar-refractivity contribution in [2.75, 3.05) is 0 Å². The van der Waals surface area contributed by atoms with Crippen LogP contribution < -0.4 is 0 Å². The van der Waals surface area contributed by atoms with Crippen LogP contribution in [0.2, 0.25) is 0 Å². The fourth-order valence-corrected chi connectivity index (χ4v) is 4.06. The second-order valence-corrected chi connectivity index (χ2v) is 6.05. The van der Waals surface area contributed by atoms with E-state index in [1.807, 2.05) is 11.3 Å². The van der Waals surface area contributed by atoms with Gasteiger partial charge in [-0.15, -0.1) is 11.3 Å². The van der Waals surface area contributed by atoms with E-state index in [0.717, 1.165) is 0 Å². The van der Waals surface area contributed by atoms with Gasteiger partial charge >= 0.3 is 0 Å². The predicted octanol–water partition coefficient (Wildman–Crippen LogP) is 4.10. The third-order valence-corrected chi connectivity index (χ3v) is 4.78. The highest BCUT2D eigenvalue weighted by Gasteiger charge is 2.44. The molecule has 0 bridgehead atoms. The van der Waals surface area contributed by atoms with E-state index in [-0.39, 0.29) is 0 Å². The monoisotopic (exact) mass is 194 g/mol. The highest BCUT2D eigenvalue weighted by molar-refractivity contribution is 7.10. The summed E-state index contributed by atoms with van der Waals surface area (Å²) in [5, 5.41) is 2.25. The van der Waals surface area contributed by atoms with Crippen molar-refractivity contribution in [3.63, 3.8) is 0 Å². The molecule has 1 unspecified atom stereocenters. The molecule has 0 N–H and O–H groups in total. The molecule has 1 aromatic rings. The molecule has 0 nitrogen and oxygen atoms in total. The number of thiophene rings is 1. The Morgan fingerprint density at radius 1 is 1.38 bits per heavy atom. The lowest BCUT2D eigenvalue weighted by Crippen LogP contribution is -2.20. The first kappa shape index (κ1) is 9.26. The summed E-state index contributed by atoms with van der Waals surface area (Å²) in [6.07, 6.45) is 2.59. The third-order valence-electron chi connectivity index (χ3n) is 3.55. The van der Waals surface area contributed by atoms with Crippen LogP contribution in [0.1, 0.15) is 51.0 Å². The van der Waals surface area contributed by atoms with Crippen LogP contribution in [-0.2, 0) is 10.8 Å². The summed E-state index contributed by atoms with van der Waals surface area (Å²) < 4.78 is 0. The minimum absolute atomic E-state index is 0.403. The lowest BCUT2D eigenvalue weighted by atomic mass is 9.80. The first-order chi connectivity index (χ1) is 5.99. The molecule has 1 aliphatic rings. The molecule has 0 spiro atoms. The zero-order valence-electron chi connectivity index (χ0n) is 8.98. The van der Waals surface area contributed by atoms with Gasteiger partial charge in [-0.1, -0.05) is 27.7 Å². The van der Waals surface area contributed by atoms with Crippen LogP contribution in [0, 0.1) is 0 Å². The van der Waals surface area contributed by atoms with Gasteiger partial charge in [0.15, 0.2) is 0 Å². The zero-order chi connectivity index (χ0) is 9.69. The minimum Gasteiger partial charge on any atom is -0.148 e. The number of fused-ring (bicyclic) bond motifs is 1. The standard InChI is InChI=1S/C12H18S/c1-5-12(4)8-11(2,3)9-6-7-13-10(9)12/h6-7H,5,8H2,1-4H3. The van der Waals surface area contributed by atoms with Crippen LogP contribution in [0.5, 0.6) is 0 Å². The molecular weight excluding hydrogens is 176 g/mol. The van der Waals surface area contributed by atoms with Gasteiger partial charge in [0.25, 0.3) is 0 Å². The molecule has 0 aliphatic heterocycles. The predicted molar refractivity (Wildman–Crippen MR) is 59.6 cm³/mol. The first-order valence-corrected chi connectivity index (χ1v) is 5.96. The Morgan fingerprint density at radius 3 is 2.69 bits per heavy atom. The molecule has 1 atom stereocenters. The van der Waals surface area contributed by atoms with Gasteiger partial charge in [-0.2, -0.15) is 0 Å². The SMILES string of the molecule is CCC1(C)CC(C)(C)c2ccsc21. The van der Waals surface area contributed by atoms with Crippen LogP contribution in [0.15, 0.2) is 11.4 Å². The van der Waals surface area contributed by atoms with Crippen molar-refractivity contribution in [3.05, 3.63) is 21.9 Å². The number of hydrogen-bond acceptors (Lipinski definition) is 1. The van der Waals surface area contributed by atoms with E-state index in [9.17, 15) is 0 Å². The van der Waals surface area contributed by atoms with E-state index >= 15 is 0 Å². The lowest BCUT2D eigenvalue weighted by Gasteiger charge is -2.25. The maximum Gasteiger partial charge on any atom is 0.0142 e. The van der Waals surface area contributed by atoms with E-state index in [2.05, 4.69) is 39.1 Å². The van der Waals surface area contributed by atoms with Gasteiger partial charge in [-0.05, 0) is 35.3 Å². The first-order valence-electron chi connectivity index (χ1n) is 5.08. The molecule has 1 aromatic heterocycles. The Kier molecular flexibility index (Phi) is 1.85. The van der Waals surface area contributed by atoms with Crippen LogP contribution in [0.3, 0.4) is 0 Å². The van der Waals surface area contributed by atoms with Crippen molar-refractivity contribution in [1.82, 2.24) is 0 Å². The third kappa shape index (κ3) is 1.17. The molecule has 0 amide bonds. The number of rotatable bonds is 1. The molecule has 2 rings (SSSR count). The van der Waals surface area contributed by atoms with Crippen LogP contribution in [0.4, 0.5) is 0 Å². The van der Waals surface area contributed by atoms with Crippen molar-refractivity contribution < 1.29 is 0 Å². The van der Waals surface area contributed by atoms with Gasteiger partial charge in [-0.3, -0.25) is 0 Å². The largest absolute Gasteiger partial charge is 0.148 e. The Hall–Kier alpha value is -0.300. The van der Waals surface area contributed by atoms with E-state index in [1.165, 1.54) is 12.8 Å². The molecular formula is C12H18S. The Bertz CT molecular complexity index is 322. The molecule has 0 fully saturated rings. The highest BCUT2D eigenvalue weighted by Crippen LogP contribution is 2.53. The molecule has 1 heterocycles. The molecule has 1 aliphatic carbocycles. The molecule has 0 saturated heterocycles. The quantitative estimate of drug-likeness (QED) is 0.631. The molecule has 1 heteroatoms. The average molecular weight is 194 g/mol. The summed E-state index contributed by atoms with van der Waals surface area (Å²) in [4.78, 5) is 1.64. The lowest BCUT2D eigenvalue weighted by molar-refractivity contribution is 0.369. The smallest absolute Gasteiger partial charge is 0.0142 e. The van der Waals surface area contributed by atoms with E-state index in [0.29, 0.717) is 10.8 Å². The Morgan fingerprint density at radius 2 is 2.08 bits per heavy atom. The van der Waals surface area contributed by atoms with E-state index in [4.69, 9.17) is 0 Å². The van der Waals surface area contributed by atoms with Gasteiger partial charge < -0.3 is 0 Å². The normalized spacial score (nSPS) is 30.5. The summed E-state index contributed by atoms with van der Waals surface area (Å²) >= 11 is 1.95. The molecule has 13 heavy (non-hydrogen) atoms. The van der Waals surface area contributed by atoms with E-state index in [1.54, 1.807) is 10.4 Å². The second kappa shape index (κ2) is 2.60. The van der Waals surface area contributed by atoms with Crippen molar-refractivity contribution in [3.8, 4) is 0 Å². The van der Waals surface area contributed by atoms with Crippen molar-refractivity contribution in [2.45, 2.75) is 51.4 Å². The second-order valence-electron chi connectivity index (χ2n) is 5.14. The summed E-state index contributed by atoms with van der Waals surface area (Å²) in [5.74, 6) is 0. The van der Waals surface area contributed by atoms with Gasteiger partial charge in [0.2, 0.25) is 0 Å². The van der Waals surface area contributed by atoms with Crippen LogP contribution in [-0.4, -0.2) is 0 Å². The zero-order valence-corrected chi connectivity index (χ0v) is 9.79. The van der Waals surface area contributed by atoms with Gasteiger partial charge in [0.1, 0.15) is 0 Å². The molecule has 72 valence electrons. The minimum atomic E-state index is 0.403. The average Bonchev–Trinajstić information content (AvgIpc) is 2.56. The summed E-state index contributed by atoms with van der Waals surface area (Å²) in [6.45, 7) is 9.47. The fourth-order valence-electron chi connectivity index (χ4n) is 2.75. The van der Waals surface area contributed by atoms with Crippen molar-refractivity contribution >= 4 is 11.3 Å². The van der Waals surface area contributed by atoms with Crippen molar-refractivity contribution in [2.24, 2.45) is 0 Å². The summed E-state index contributed by atoms with van der Waals surface area (Å²) in [5.41, 5.74) is 2.45. The molecule has 0 radical (unpaired) electrons.